The molecule has 0 unspecified atom stereocenters. The van der Waals surface area contributed by atoms with Gasteiger partial charge in [-0.15, -0.1) is 0 Å². The zero-order valence-corrected chi connectivity index (χ0v) is 15.3. The number of nitrogens with zero attached hydrogens (tertiary/aromatic N) is 3. The van der Waals surface area contributed by atoms with Gasteiger partial charge in [0.1, 0.15) is 6.07 Å². The van der Waals surface area contributed by atoms with Crippen LogP contribution in [0.4, 0.5) is 5.69 Å². The minimum Gasteiger partial charge on any atom is -0.383 e. The topological polar surface area (TPSA) is 86.1 Å². The quantitative estimate of drug-likeness (QED) is 0.803. The first-order valence-electron chi connectivity index (χ1n) is 8.13. The molecule has 1 aliphatic heterocycles. The largest absolute Gasteiger partial charge is 0.383 e. The van der Waals surface area contributed by atoms with Crippen LogP contribution in [0, 0.1) is 11.3 Å². The molecule has 1 aromatic heterocycles. The van der Waals surface area contributed by atoms with E-state index in [4.69, 9.17) is 11.6 Å². The minimum atomic E-state index is -2.84. The Morgan fingerprint density at radius 2 is 2.08 bits per heavy atom. The Bertz CT molecular complexity index is 910. The van der Waals surface area contributed by atoms with Gasteiger partial charge in [0.2, 0.25) is 0 Å². The van der Waals surface area contributed by atoms with Gasteiger partial charge >= 0.3 is 0 Å². The Kier molecular flexibility index (Phi) is 5.42. The summed E-state index contributed by atoms with van der Waals surface area (Å²) in [5.41, 5.74) is 2.02. The summed E-state index contributed by atoms with van der Waals surface area (Å²) in [7, 11) is -2.84. The lowest BCUT2D eigenvalue weighted by Gasteiger charge is -2.26. The number of aromatic nitrogens is 1. The van der Waals surface area contributed by atoms with E-state index < -0.39 is 9.84 Å². The maximum Gasteiger partial charge on any atom is 0.152 e. The summed E-state index contributed by atoms with van der Waals surface area (Å²) in [5.74, 6) is 0.485. The summed E-state index contributed by atoms with van der Waals surface area (Å²) < 4.78 is 22.9. The molecular weight excluding hydrogens is 360 g/mol. The van der Waals surface area contributed by atoms with Gasteiger partial charge in [0.15, 0.2) is 9.84 Å². The van der Waals surface area contributed by atoms with Gasteiger partial charge < -0.3 is 10.2 Å². The van der Waals surface area contributed by atoms with Crippen molar-refractivity contribution in [1.29, 1.82) is 5.26 Å². The van der Waals surface area contributed by atoms with Gasteiger partial charge in [-0.1, -0.05) is 11.6 Å². The molecule has 1 saturated heterocycles. The van der Waals surface area contributed by atoms with Crippen LogP contribution in [0.25, 0.3) is 10.9 Å². The Balaban J connectivity index is 1.63. The molecule has 0 aliphatic carbocycles. The third kappa shape index (κ3) is 4.40. The normalized spacial score (nSPS) is 17.3. The average molecular weight is 379 g/mol. The van der Waals surface area contributed by atoms with E-state index in [9.17, 15) is 13.7 Å². The van der Waals surface area contributed by atoms with Gasteiger partial charge in [-0.3, -0.25) is 4.98 Å². The number of hydrogen-bond donors (Lipinski definition) is 1. The smallest absolute Gasteiger partial charge is 0.152 e. The van der Waals surface area contributed by atoms with E-state index in [1.54, 1.807) is 12.3 Å². The summed E-state index contributed by atoms with van der Waals surface area (Å²) in [6.07, 6.45) is 2.42. The molecule has 0 radical (unpaired) electrons. The molecule has 1 N–H and O–H groups in total. The SMILES string of the molecule is N#Cc1cnc2ccc(Cl)cc2c1NCCCN1CCS(=O)(=O)CC1. The van der Waals surface area contributed by atoms with Crippen LogP contribution in [0.1, 0.15) is 12.0 Å². The van der Waals surface area contributed by atoms with E-state index in [0.29, 0.717) is 30.2 Å². The standard InChI is InChI=1S/C17H19ClN4O2S/c18-14-2-3-16-15(10-14)17(13(11-19)12-21-16)20-4-1-5-22-6-8-25(23,24)9-7-22/h2-3,10,12H,1,4-9H2,(H,20,21). The molecule has 2 heterocycles. The maximum atomic E-state index is 11.4. The number of nitriles is 1. The Morgan fingerprint density at radius 1 is 1.32 bits per heavy atom. The van der Waals surface area contributed by atoms with Crippen molar-refractivity contribution in [3.63, 3.8) is 0 Å². The maximum absolute atomic E-state index is 11.4. The second-order valence-corrected chi connectivity index (χ2v) is 8.83. The monoisotopic (exact) mass is 378 g/mol. The number of pyridine rings is 1. The summed E-state index contributed by atoms with van der Waals surface area (Å²) in [5, 5.41) is 14.1. The van der Waals surface area contributed by atoms with E-state index in [-0.39, 0.29) is 11.5 Å². The van der Waals surface area contributed by atoms with E-state index in [2.05, 4.69) is 21.3 Å². The van der Waals surface area contributed by atoms with Gasteiger partial charge in [0, 0.05) is 36.2 Å². The van der Waals surface area contributed by atoms with Crippen LogP contribution in [0.15, 0.2) is 24.4 Å². The second-order valence-electron chi connectivity index (χ2n) is 6.09. The van der Waals surface area contributed by atoms with Crippen LogP contribution in [0.2, 0.25) is 5.02 Å². The summed E-state index contributed by atoms with van der Waals surface area (Å²) in [4.78, 5) is 6.44. The van der Waals surface area contributed by atoms with Crippen molar-refractivity contribution in [1.82, 2.24) is 9.88 Å². The number of nitrogens with one attached hydrogen (secondary N) is 1. The predicted octanol–water partition coefficient (Wildman–Crippen LogP) is 2.29. The second kappa shape index (κ2) is 7.56. The molecule has 0 bridgehead atoms. The van der Waals surface area contributed by atoms with E-state index in [1.807, 2.05) is 12.1 Å². The molecular formula is C17H19ClN4O2S. The fourth-order valence-electron chi connectivity index (χ4n) is 2.93. The van der Waals surface area contributed by atoms with Crippen molar-refractivity contribution in [2.75, 3.05) is 43.0 Å². The van der Waals surface area contributed by atoms with Crippen LogP contribution >= 0.6 is 11.6 Å². The van der Waals surface area contributed by atoms with E-state index >= 15 is 0 Å². The van der Waals surface area contributed by atoms with Crippen molar-refractivity contribution >= 4 is 38.0 Å². The molecule has 1 aromatic carbocycles. The lowest BCUT2D eigenvalue weighted by molar-refractivity contribution is 0.295. The number of benzene rings is 1. The van der Waals surface area contributed by atoms with Crippen molar-refractivity contribution in [3.05, 3.63) is 35.0 Å². The van der Waals surface area contributed by atoms with Gasteiger partial charge in [-0.25, -0.2) is 8.42 Å². The molecule has 0 spiro atoms. The highest BCUT2D eigenvalue weighted by Crippen LogP contribution is 2.28. The number of rotatable bonds is 5. The van der Waals surface area contributed by atoms with Gasteiger partial charge in [-0.05, 0) is 31.2 Å². The molecule has 3 rings (SSSR count). The fourth-order valence-corrected chi connectivity index (χ4v) is 4.38. The first kappa shape index (κ1) is 17.9. The third-order valence-corrected chi connectivity index (χ3v) is 6.18. The van der Waals surface area contributed by atoms with Crippen molar-refractivity contribution < 1.29 is 8.42 Å². The summed E-state index contributed by atoms with van der Waals surface area (Å²) >= 11 is 6.08. The Hall–Kier alpha value is -1.88. The predicted molar refractivity (Wildman–Crippen MR) is 99.7 cm³/mol. The molecule has 132 valence electrons. The molecule has 2 aromatic rings. The first-order valence-corrected chi connectivity index (χ1v) is 10.3. The molecule has 6 nitrogen and oxygen atoms in total. The van der Waals surface area contributed by atoms with E-state index in [0.717, 1.165) is 29.6 Å². The van der Waals surface area contributed by atoms with Crippen LogP contribution in [0.3, 0.4) is 0 Å². The van der Waals surface area contributed by atoms with Crippen LogP contribution in [-0.4, -0.2) is 56.0 Å². The number of anilines is 1. The molecule has 0 saturated carbocycles. The molecule has 8 heteroatoms. The molecule has 1 fully saturated rings. The van der Waals surface area contributed by atoms with Crippen molar-refractivity contribution in [3.8, 4) is 6.07 Å². The first-order chi connectivity index (χ1) is 12.0. The highest BCUT2D eigenvalue weighted by atomic mass is 35.5. The van der Waals surface area contributed by atoms with Crippen molar-refractivity contribution in [2.45, 2.75) is 6.42 Å². The minimum absolute atomic E-state index is 0.243. The number of sulfone groups is 1. The molecule has 25 heavy (non-hydrogen) atoms. The third-order valence-electron chi connectivity index (χ3n) is 4.34. The Labute approximate surface area is 152 Å². The average Bonchev–Trinajstić information content (AvgIpc) is 2.59. The highest BCUT2D eigenvalue weighted by Gasteiger charge is 2.20. The molecule has 0 atom stereocenters. The molecule has 1 aliphatic rings. The number of halogens is 1. The van der Waals surface area contributed by atoms with Crippen molar-refractivity contribution in [2.24, 2.45) is 0 Å². The van der Waals surface area contributed by atoms with E-state index in [1.165, 1.54) is 0 Å². The lowest BCUT2D eigenvalue weighted by atomic mass is 10.1. The van der Waals surface area contributed by atoms with Gasteiger partial charge in [-0.2, -0.15) is 5.26 Å². The highest BCUT2D eigenvalue weighted by molar-refractivity contribution is 7.91. The zero-order chi connectivity index (χ0) is 17.9. The number of fused-ring (bicyclic) bond motifs is 1. The lowest BCUT2D eigenvalue weighted by Crippen LogP contribution is -2.41. The number of hydrogen-bond acceptors (Lipinski definition) is 6. The van der Waals surface area contributed by atoms with Crippen LogP contribution in [0.5, 0.6) is 0 Å². The fraction of sp³-hybridized carbons (Fsp3) is 0.412. The van der Waals surface area contributed by atoms with Crippen LogP contribution < -0.4 is 5.32 Å². The molecule has 0 amide bonds. The Morgan fingerprint density at radius 3 is 2.80 bits per heavy atom. The summed E-state index contributed by atoms with van der Waals surface area (Å²) in [6, 6.07) is 7.58. The zero-order valence-electron chi connectivity index (χ0n) is 13.7. The van der Waals surface area contributed by atoms with Gasteiger partial charge in [0.25, 0.3) is 0 Å². The summed E-state index contributed by atoms with van der Waals surface area (Å²) in [6.45, 7) is 2.71. The van der Waals surface area contributed by atoms with Gasteiger partial charge in [0.05, 0.1) is 28.3 Å². The van der Waals surface area contributed by atoms with Crippen LogP contribution in [-0.2, 0) is 9.84 Å².